The lowest BCUT2D eigenvalue weighted by molar-refractivity contribution is 0.0886. The van der Waals surface area contributed by atoms with E-state index in [-0.39, 0.29) is 0 Å². The maximum Gasteiger partial charge on any atom is 0.158 e. The topological polar surface area (TPSA) is 75.5 Å². The first-order valence-electron chi connectivity index (χ1n) is 10.7. The minimum atomic E-state index is -1.08. The van der Waals surface area contributed by atoms with Crippen molar-refractivity contribution in [2.75, 3.05) is 30.3 Å². The van der Waals surface area contributed by atoms with Crippen LogP contribution in [0.3, 0.4) is 0 Å². The molecule has 160 valence electrons. The van der Waals surface area contributed by atoms with E-state index in [0.29, 0.717) is 12.8 Å². The van der Waals surface area contributed by atoms with E-state index in [9.17, 15) is 0 Å². The summed E-state index contributed by atoms with van der Waals surface area (Å²) >= 11 is 0. The van der Waals surface area contributed by atoms with E-state index in [4.69, 9.17) is 9.73 Å². The normalized spacial score (nSPS) is 18.5. The maximum atomic E-state index is 5.92. The molecule has 30 heavy (non-hydrogen) atoms. The first-order chi connectivity index (χ1) is 14.5. The van der Waals surface area contributed by atoms with Gasteiger partial charge in [0.2, 0.25) is 0 Å². The van der Waals surface area contributed by atoms with Crippen molar-refractivity contribution in [3.63, 3.8) is 0 Å². The second-order valence-electron chi connectivity index (χ2n) is 9.11. The fraction of sp³-hybridized carbons (Fsp3) is 0.455. The van der Waals surface area contributed by atoms with Crippen molar-refractivity contribution >= 4 is 37.2 Å². The quantitative estimate of drug-likeness (QED) is 0.439. The minimum absolute atomic E-state index is 0.407. The van der Waals surface area contributed by atoms with Crippen LogP contribution < -0.4 is 16.0 Å². The monoisotopic (exact) mass is 424 g/mol. The van der Waals surface area contributed by atoms with Crippen molar-refractivity contribution in [2.45, 2.75) is 44.9 Å². The van der Waals surface area contributed by atoms with Gasteiger partial charge in [0.05, 0.1) is 5.69 Å². The van der Waals surface area contributed by atoms with Gasteiger partial charge in [0.15, 0.2) is 5.82 Å². The van der Waals surface area contributed by atoms with Crippen molar-refractivity contribution in [1.29, 1.82) is 0 Å². The summed E-state index contributed by atoms with van der Waals surface area (Å²) in [5.41, 5.74) is 3.02. The summed E-state index contributed by atoms with van der Waals surface area (Å²) in [5, 5.41) is 10.4. The molecule has 7 nitrogen and oxygen atoms in total. The molecule has 2 aliphatic rings. The molecule has 4 rings (SSSR count). The van der Waals surface area contributed by atoms with Gasteiger partial charge in [-0.05, 0) is 37.2 Å². The van der Waals surface area contributed by atoms with Crippen LogP contribution in [0.4, 0.5) is 17.3 Å². The molecule has 0 saturated carbocycles. The zero-order valence-corrected chi connectivity index (χ0v) is 19.1. The molecule has 4 heterocycles. The number of allylic oxidation sites excluding steroid dienone is 1. The predicted molar refractivity (Wildman–Crippen MR) is 127 cm³/mol. The molecular formula is C22H32N6OSi. The van der Waals surface area contributed by atoms with Crippen LogP contribution in [0.1, 0.15) is 12.0 Å². The zero-order chi connectivity index (χ0) is 21.0. The van der Waals surface area contributed by atoms with Gasteiger partial charge in [0.25, 0.3) is 0 Å². The Kier molecular flexibility index (Phi) is 6.36. The number of nitrogens with zero attached hydrogens (tertiary/aromatic N) is 3. The summed E-state index contributed by atoms with van der Waals surface area (Å²) in [5.74, 6) is 1.78. The fourth-order valence-corrected chi connectivity index (χ4v) is 4.32. The third-order valence-corrected chi connectivity index (χ3v) is 7.09. The zero-order valence-electron chi connectivity index (χ0n) is 18.1. The highest BCUT2D eigenvalue weighted by Gasteiger charge is 2.18. The van der Waals surface area contributed by atoms with E-state index >= 15 is 0 Å². The average molecular weight is 425 g/mol. The SMILES string of the molecule is C[Si](C)(C)CCOCn1ccc2c1N=CC(c1cccnc1N[C@H]1CCNC1)=CN2. The van der Waals surface area contributed by atoms with Crippen LogP contribution in [0, 0.1) is 0 Å². The van der Waals surface area contributed by atoms with Crippen LogP contribution in [0.2, 0.25) is 25.7 Å². The molecule has 1 fully saturated rings. The van der Waals surface area contributed by atoms with E-state index in [1.807, 2.05) is 41.5 Å². The molecule has 3 N–H and O–H groups in total. The van der Waals surface area contributed by atoms with E-state index in [1.165, 1.54) is 0 Å². The molecule has 0 aromatic carbocycles. The third kappa shape index (κ3) is 5.19. The van der Waals surface area contributed by atoms with Gasteiger partial charge in [-0.3, -0.25) is 0 Å². The summed E-state index contributed by atoms with van der Waals surface area (Å²) in [6.45, 7) is 10.4. The molecule has 2 aliphatic heterocycles. The van der Waals surface area contributed by atoms with Gasteiger partial charge in [0.1, 0.15) is 12.5 Å². The van der Waals surface area contributed by atoms with Crippen LogP contribution in [-0.4, -0.2) is 49.6 Å². The Morgan fingerprint density at radius 1 is 1.30 bits per heavy atom. The molecule has 1 atom stereocenters. The van der Waals surface area contributed by atoms with Crippen LogP contribution >= 0.6 is 0 Å². The Labute approximate surface area is 179 Å². The van der Waals surface area contributed by atoms with E-state index < -0.39 is 8.07 Å². The first kappa shape index (κ1) is 20.8. The average Bonchev–Trinajstić information content (AvgIpc) is 3.30. The second-order valence-corrected chi connectivity index (χ2v) is 14.7. The first-order valence-corrected chi connectivity index (χ1v) is 14.4. The number of aromatic nitrogens is 2. The minimum Gasteiger partial charge on any atom is -0.365 e. The molecule has 0 spiro atoms. The Morgan fingerprint density at radius 3 is 3.00 bits per heavy atom. The molecule has 0 bridgehead atoms. The number of anilines is 2. The smallest absolute Gasteiger partial charge is 0.158 e. The van der Waals surface area contributed by atoms with Crippen LogP contribution in [0.25, 0.3) is 5.57 Å². The standard InChI is InChI=1S/C22H32N6OSi/c1-30(2,3)12-11-29-16-28-10-7-20-22(28)26-14-17(13-25-20)19-5-4-8-24-21(19)27-18-6-9-23-15-18/h4-5,7-8,10,13-14,18,23,25H,6,9,11-12,15-16H2,1-3H3,(H,24,27)/t18-/m0/s1. The van der Waals surface area contributed by atoms with Crippen LogP contribution in [-0.2, 0) is 11.5 Å². The largest absolute Gasteiger partial charge is 0.365 e. The number of rotatable bonds is 8. The molecule has 0 radical (unpaired) electrons. The molecule has 0 unspecified atom stereocenters. The number of fused-ring (bicyclic) bond motifs is 1. The Balaban J connectivity index is 1.46. The molecule has 2 aromatic heterocycles. The Bertz CT molecular complexity index is 924. The number of aliphatic imine (C=N–C) groups is 1. The van der Waals surface area contributed by atoms with Gasteiger partial charge in [-0.1, -0.05) is 19.6 Å². The molecule has 2 aromatic rings. The van der Waals surface area contributed by atoms with Gasteiger partial charge < -0.3 is 25.3 Å². The summed E-state index contributed by atoms with van der Waals surface area (Å²) in [7, 11) is -1.08. The van der Waals surface area contributed by atoms with Crippen molar-refractivity contribution in [1.82, 2.24) is 14.9 Å². The van der Waals surface area contributed by atoms with Crippen molar-refractivity contribution in [3.8, 4) is 0 Å². The van der Waals surface area contributed by atoms with Crippen LogP contribution in [0.5, 0.6) is 0 Å². The van der Waals surface area contributed by atoms with Crippen molar-refractivity contribution < 1.29 is 4.74 Å². The fourth-order valence-electron chi connectivity index (χ4n) is 3.56. The number of pyridine rings is 1. The summed E-state index contributed by atoms with van der Waals surface area (Å²) < 4.78 is 7.97. The number of ether oxygens (including phenoxy) is 1. The van der Waals surface area contributed by atoms with Crippen molar-refractivity contribution in [3.05, 3.63) is 42.4 Å². The Hall–Kier alpha value is -2.42. The lowest BCUT2D eigenvalue weighted by atomic mass is 10.1. The molecule has 1 saturated heterocycles. The predicted octanol–water partition coefficient (Wildman–Crippen LogP) is 4.14. The summed E-state index contributed by atoms with van der Waals surface area (Å²) in [6.07, 6.45) is 8.87. The van der Waals surface area contributed by atoms with Gasteiger partial charge >= 0.3 is 0 Å². The number of hydrogen-bond acceptors (Lipinski definition) is 6. The summed E-state index contributed by atoms with van der Waals surface area (Å²) in [6, 6.07) is 7.66. The molecule has 0 aliphatic carbocycles. The van der Waals surface area contributed by atoms with Crippen LogP contribution in [0.15, 0.2) is 41.8 Å². The van der Waals surface area contributed by atoms with E-state index in [1.54, 1.807) is 0 Å². The highest BCUT2D eigenvalue weighted by atomic mass is 28.3. The summed E-state index contributed by atoms with van der Waals surface area (Å²) in [4.78, 5) is 9.35. The van der Waals surface area contributed by atoms with Crippen molar-refractivity contribution in [2.24, 2.45) is 4.99 Å². The molecule has 0 amide bonds. The number of hydrogen-bond donors (Lipinski definition) is 3. The molecule has 8 heteroatoms. The van der Waals surface area contributed by atoms with Gasteiger partial charge in [0, 0.05) is 63.2 Å². The number of nitrogens with one attached hydrogen (secondary N) is 3. The third-order valence-electron chi connectivity index (χ3n) is 5.39. The maximum absolute atomic E-state index is 5.92. The lowest BCUT2D eigenvalue weighted by Crippen LogP contribution is -2.23. The van der Waals surface area contributed by atoms with E-state index in [2.05, 4.69) is 46.6 Å². The van der Waals surface area contributed by atoms with Gasteiger partial charge in [-0.15, -0.1) is 0 Å². The second kappa shape index (κ2) is 9.16. The van der Waals surface area contributed by atoms with Gasteiger partial charge in [-0.2, -0.15) is 0 Å². The Morgan fingerprint density at radius 2 is 2.20 bits per heavy atom. The van der Waals surface area contributed by atoms with Gasteiger partial charge in [-0.25, -0.2) is 9.98 Å². The highest BCUT2D eigenvalue weighted by molar-refractivity contribution is 6.76. The lowest BCUT2D eigenvalue weighted by Gasteiger charge is -2.16. The highest BCUT2D eigenvalue weighted by Crippen LogP contribution is 2.31. The van der Waals surface area contributed by atoms with E-state index in [0.717, 1.165) is 60.6 Å². The molecular weight excluding hydrogens is 392 g/mol.